The molecule has 5 aromatic rings. The molecule has 4 aromatic heterocycles. The molecule has 10 heteroatoms. The van der Waals surface area contributed by atoms with Crippen LogP contribution < -0.4 is 0 Å². The fourth-order valence-electron chi connectivity index (χ4n) is 2.88. The van der Waals surface area contributed by atoms with Gasteiger partial charge in [-0.15, -0.1) is 26.6 Å². The van der Waals surface area contributed by atoms with Crippen LogP contribution in [0.5, 0.6) is 0 Å². The maximum atomic E-state index is 12.6. The SMILES string of the molecule is FC(F)c1nnc(-c2ccc(Cn3cc(-c4ccc5sccc5c4)nn3)nc2)o1. The minimum Gasteiger partial charge on any atom is -0.415 e. The monoisotopic (exact) mass is 410 g/mol. The van der Waals surface area contributed by atoms with E-state index in [0.29, 0.717) is 12.1 Å². The summed E-state index contributed by atoms with van der Waals surface area (Å²) in [5.41, 5.74) is 2.97. The van der Waals surface area contributed by atoms with Gasteiger partial charge in [-0.3, -0.25) is 4.98 Å². The van der Waals surface area contributed by atoms with Crippen molar-refractivity contribution in [3.05, 3.63) is 65.8 Å². The van der Waals surface area contributed by atoms with E-state index in [4.69, 9.17) is 4.42 Å². The highest BCUT2D eigenvalue weighted by Crippen LogP contribution is 2.26. The van der Waals surface area contributed by atoms with Gasteiger partial charge < -0.3 is 4.42 Å². The Labute approximate surface area is 166 Å². The molecule has 0 aliphatic rings. The molecule has 0 radical (unpaired) electrons. The molecule has 4 heterocycles. The summed E-state index contributed by atoms with van der Waals surface area (Å²) in [6.07, 6.45) is 0.557. The van der Waals surface area contributed by atoms with Crippen LogP contribution in [-0.2, 0) is 6.54 Å². The molecule has 0 aliphatic heterocycles. The number of aromatic nitrogens is 6. The molecular weight excluding hydrogens is 398 g/mol. The lowest BCUT2D eigenvalue weighted by Gasteiger charge is -2.01. The minimum atomic E-state index is -2.80. The molecule has 0 spiro atoms. The Hall–Kier alpha value is -3.53. The van der Waals surface area contributed by atoms with Crippen LogP contribution in [0, 0.1) is 0 Å². The van der Waals surface area contributed by atoms with Crippen molar-refractivity contribution >= 4 is 21.4 Å². The molecule has 0 saturated carbocycles. The zero-order chi connectivity index (χ0) is 19.8. The molecule has 0 saturated heterocycles. The van der Waals surface area contributed by atoms with Crippen LogP contribution in [0.15, 0.2) is 58.6 Å². The first-order chi connectivity index (χ1) is 14.2. The molecule has 29 heavy (non-hydrogen) atoms. The van der Waals surface area contributed by atoms with E-state index < -0.39 is 12.3 Å². The van der Waals surface area contributed by atoms with Gasteiger partial charge in [-0.2, -0.15) is 8.78 Å². The summed E-state index contributed by atoms with van der Waals surface area (Å²) < 4.78 is 33.0. The largest absolute Gasteiger partial charge is 0.415 e. The molecule has 1 aromatic carbocycles. The van der Waals surface area contributed by atoms with Gasteiger partial charge in [-0.25, -0.2) is 4.68 Å². The fourth-order valence-corrected chi connectivity index (χ4v) is 3.65. The van der Waals surface area contributed by atoms with Crippen LogP contribution in [0.25, 0.3) is 32.8 Å². The van der Waals surface area contributed by atoms with Crippen molar-refractivity contribution in [1.82, 2.24) is 30.2 Å². The molecule has 0 fully saturated rings. The van der Waals surface area contributed by atoms with Crippen molar-refractivity contribution in [2.24, 2.45) is 0 Å². The van der Waals surface area contributed by atoms with E-state index in [-0.39, 0.29) is 5.89 Å². The van der Waals surface area contributed by atoms with Crippen molar-refractivity contribution < 1.29 is 13.2 Å². The van der Waals surface area contributed by atoms with Crippen LogP contribution in [0.3, 0.4) is 0 Å². The number of halogens is 2. The molecule has 0 N–H and O–H groups in total. The number of nitrogens with zero attached hydrogens (tertiary/aromatic N) is 6. The standard InChI is InChI=1S/C19H12F2N6OS/c20-17(21)19-25-24-18(28-19)13-1-3-14(22-8-13)9-27-10-15(23-26-27)11-2-4-16-12(7-11)5-6-29-16/h1-8,10,17H,9H2. The third kappa shape index (κ3) is 3.49. The number of pyridine rings is 1. The zero-order valence-corrected chi connectivity index (χ0v) is 15.6. The van der Waals surface area contributed by atoms with Crippen molar-refractivity contribution in [2.45, 2.75) is 13.0 Å². The number of benzene rings is 1. The molecule has 0 amide bonds. The van der Waals surface area contributed by atoms with Gasteiger partial charge in [0.15, 0.2) is 0 Å². The second-order valence-electron chi connectivity index (χ2n) is 6.26. The van der Waals surface area contributed by atoms with Gasteiger partial charge in [0, 0.05) is 16.5 Å². The zero-order valence-electron chi connectivity index (χ0n) is 14.7. The summed E-state index contributed by atoms with van der Waals surface area (Å²) >= 11 is 1.70. The number of hydrogen-bond donors (Lipinski definition) is 0. The molecule has 0 unspecified atom stereocenters. The third-order valence-electron chi connectivity index (χ3n) is 4.31. The van der Waals surface area contributed by atoms with Crippen molar-refractivity contribution in [2.75, 3.05) is 0 Å². The summed E-state index contributed by atoms with van der Waals surface area (Å²) in [7, 11) is 0. The second kappa shape index (κ2) is 7.13. The first-order valence-corrected chi connectivity index (χ1v) is 9.48. The fraction of sp³-hybridized carbons (Fsp3) is 0.105. The second-order valence-corrected chi connectivity index (χ2v) is 7.21. The molecule has 0 aliphatic carbocycles. The number of hydrogen-bond acceptors (Lipinski definition) is 7. The summed E-state index contributed by atoms with van der Waals surface area (Å²) in [5, 5.41) is 18.6. The predicted octanol–water partition coefficient (Wildman–Crippen LogP) is 4.59. The average Bonchev–Trinajstić information content (AvgIpc) is 3.48. The average molecular weight is 410 g/mol. The van der Waals surface area contributed by atoms with Crippen molar-refractivity contribution in [1.29, 1.82) is 0 Å². The topological polar surface area (TPSA) is 82.5 Å². The Bertz CT molecular complexity index is 1280. The Balaban J connectivity index is 1.32. The molecule has 0 bridgehead atoms. The number of alkyl halides is 2. The van der Waals surface area contributed by atoms with E-state index in [0.717, 1.165) is 17.0 Å². The Morgan fingerprint density at radius 1 is 1.03 bits per heavy atom. The minimum absolute atomic E-state index is 0.00575. The van der Waals surface area contributed by atoms with Gasteiger partial charge in [0.1, 0.15) is 5.69 Å². The van der Waals surface area contributed by atoms with Crippen molar-refractivity contribution in [3.63, 3.8) is 0 Å². The predicted molar refractivity (Wildman–Crippen MR) is 102 cm³/mol. The van der Waals surface area contributed by atoms with E-state index in [1.165, 1.54) is 16.3 Å². The van der Waals surface area contributed by atoms with E-state index in [9.17, 15) is 8.78 Å². The molecule has 5 rings (SSSR count). The van der Waals surface area contributed by atoms with Crippen LogP contribution in [0.1, 0.15) is 18.0 Å². The highest BCUT2D eigenvalue weighted by atomic mass is 32.1. The van der Waals surface area contributed by atoms with Gasteiger partial charge in [0.05, 0.1) is 24.0 Å². The lowest BCUT2D eigenvalue weighted by Crippen LogP contribution is -2.02. The Morgan fingerprint density at radius 3 is 2.72 bits per heavy atom. The lowest BCUT2D eigenvalue weighted by atomic mass is 10.1. The quantitative estimate of drug-likeness (QED) is 0.421. The number of thiophene rings is 1. The summed E-state index contributed by atoms with van der Waals surface area (Å²) in [6.45, 7) is 0.417. The highest BCUT2D eigenvalue weighted by Gasteiger charge is 2.17. The highest BCUT2D eigenvalue weighted by molar-refractivity contribution is 7.17. The normalized spacial score (nSPS) is 11.6. The van der Waals surface area contributed by atoms with Crippen LogP contribution >= 0.6 is 11.3 Å². The van der Waals surface area contributed by atoms with E-state index in [1.807, 2.05) is 12.3 Å². The van der Waals surface area contributed by atoms with Gasteiger partial charge in [-0.1, -0.05) is 11.3 Å². The van der Waals surface area contributed by atoms with Gasteiger partial charge in [0.2, 0.25) is 5.89 Å². The van der Waals surface area contributed by atoms with E-state index in [1.54, 1.807) is 28.2 Å². The maximum absolute atomic E-state index is 12.6. The number of fused-ring (bicyclic) bond motifs is 1. The Morgan fingerprint density at radius 2 is 1.93 bits per heavy atom. The van der Waals surface area contributed by atoms with Crippen LogP contribution in [0.4, 0.5) is 8.78 Å². The maximum Gasteiger partial charge on any atom is 0.314 e. The first kappa shape index (κ1) is 17.6. The molecule has 7 nitrogen and oxygen atoms in total. The molecule has 144 valence electrons. The Kier molecular flexibility index (Phi) is 4.32. The van der Waals surface area contributed by atoms with E-state index in [2.05, 4.69) is 49.1 Å². The smallest absolute Gasteiger partial charge is 0.314 e. The number of rotatable bonds is 5. The van der Waals surface area contributed by atoms with E-state index >= 15 is 0 Å². The summed E-state index contributed by atoms with van der Waals surface area (Å²) in [4.78, 5) is 4.32. The summed E-state index contributed by atoms with van der Waals surface area (Å²) in [5.74, 6) is -0.703. The van der Waals surface area contributed by atoms with Gasteiger partial charge in [0.25, 0.3) is 5.89 Å². The van der Waals surface area contributed by atoms with Gasteiger partial charge >= 0.3 is 6.43 Å². The van der Waals surface area contributed by atoms with Crippen molar-refractivity contribution in [3.8, 4) is 22.7 Å². The van der Waals surface area contributed by atoms with Gasteiger partial charge in [-0.05, 0) is 41.1 Å². The summed E-state index contributed by atoms with van der Waals surface area (Å²) in [6, 6.07) is 11.7. The molecular formula is C19H12F2N6OS. The van der Waals surface area contributed by atoms with Crippen LogP contribution in [-0.4, -0.2) is 30.2 Å². The lowest BCUT2D eigenvalue weighted by molar-refractivity contribution is 0.116. The molecule has 0 atom stereocenters. The van der Waals surface area contributed by atoms with Crippen LogP contribution in [0.2, 0.25) is 0 Å². The first-order valence-electron chi connectivity index (χ1n) is 8.60. The third-order valence-corrected chi connectivity index (χ3v) is 5.21.